The summed E-state index contributed by atoms with van der Waals surface area (Å²) in [6.07, 6.45) is 0. The highest BCUT2D eigenvalue weighted by Crippen LogP contribution is 2.41. The molecule has 0 aliphatic carbocycles. The van der Waals surface area contributed by atoms with E-state index >= 15 is 0 Å². The fourth-order valence-electron chi connectivity index (χ4n) is 3.94. The molecule has 0 atom stereocenters. The lowest BCUT2D eigenvalue weighted by molar-refractivity contribution is 0.284. The maximum Gasteiger partial charge on any atom is 0.161 e. The molecule has 1 heterocycles. The second-order valence-corrected chi connectivity index (χ2v) is 7.61. The number of benzene rings is 3. The molecule has 0 spiro atoms. The lowest BCUT2D eigenvalue weighted by Gasteiger charge is -2.18. The molecule has 0 radical (unpaired) electrons. The molecule has 0 aliphatic rings. The first-order valence-electron chi connectivity index (χ1n) is 10.6. The van der Waals surface area contributed by atoms with E-state index in [1.165, 1.54) is 0 Å². The Bertz CT molecular complexity index is 1430. The van der Waals surface area contributed by atoms with Crippen molar-refractivity contribution in [3.8, 4) is 45.9 Å². The van der Waals surface area contributed by atoms with E-state index in [2.05, 4.69) is 17.1 Å². The molecule has 3 aromatic carbocycles. The number of aryl methyl sites for hydroxylation is 1. The summed E-state index contributed by atoms with van der Waals surface area (Å²) >= 11 is 0. The molecule has 2 N–H and O–H groups in total. The number of nitrogen functional groups attached to an aromatic ring is 1. The zero-order valence-electron chi connectivity index (χ0n) is 18.9. The first-order valence-corrected chi connectivity index (χ1v) is 10.6. The number of hydrogen-bond acceptors (Lipinski definition) is 6. The maximum atomic E-state index is 9.91. The molecule has 1 aromatic heterocycles. The van der Waals surface area contributed by atoms with Gasteiger partial charge in [-0.2, -0.15) is 10.5 Å². The molecule has 166 valence electrons. The quantitative estimate of drug-likeness (QED) is 0.411. The molecule has 0 saturated heterocycles. The van der Waals surface area contributed by atoms with Gasteiger partial charge in [0, 0.05) is 22.4 Å². The second kappa shape index (κ2) is 9.77. The number of nitrogens with zero attached hydrogens (tertiary/aromatic N) is 3. The first-order chi connectivity index (χ1) is 16.6. The highest BCUT2D eigenvalue weighted by Gasteiger charge is 2.21. The predicted molar refractivity (Wildman–Crippen MR) is 131 cm³/mol. The number of hydrogen-bond donors (Lipinski definition) is 1. The number of anilines is 1. The fourth-order valence-corrected chi connectivity index (χ4v) is 3.94. The van der Waals surface area contributed by atoms with E-state index in [0.717, 1.165) is 27.9 Å². The van der Waals surface area contributed by atoms with E-state index < -0.39 is 0 Å². The Labute approximate surface area is 198 Å². The summed E-state index contributed by atoms with van der Waals surface area (Å²) in [4.78, 5) is 4.42. The third-order valence-corrected chi connectivity index (χ3v) is 5.55. The molecule has 0 amide bonds. The molecule has 0 saturated carbocycles. The number of ether oxygens (including phenoxy) is 2. The molecular formula is C28H22N4O2. The van der Waals surface area contributed by atoms with Gasteiger partial charge < -0.3 is 15.2 Å². The van der Waals surface area contributed by atoms with Gasteiger partial charge in [-0.3, -0.25) is 0 Å². The van der Waals surface area contributed by atoms with Crippen molar-refractivity contribution in [2.75, 3.05) is 12.8 Å². The van der Waals surface area contributed by atoms with Gasteiger partial charge in [0.25, 0.3) is 0 Å². The van der Waals surface area contributed by atoms with Gasteiger partial charge in [0.2, 0.25) is 0 Å². The molecule has 0 fully saturated rings. The molecule has 0 bridgehead atoms. The Kier molecular flexibility index (Phi) is 6.43. The van der Waals surface area contributed by atoms with Crippen molar-refractivity contribution < 1.29 is 9.47 Å². The van der Waals surface area contributed by atoms with E-state index in [-0.39, 0.29) is 12.4 Å². The van der Waals surface area contributed by atoms with Gasteiger partial charge in [-0.05, 0) is 36.2 Å². The lowest BCUT2D eigenvalue weighted by atomic mass is 9.90. The summed E-state index contributed by atoms with van der Waals surface area (Å²) in [6, 6.07) is 27.0. The van der Waals surface area contributed by atoms with Gasteiger partial charge in [0.15, 0.2) is 11.5 Å². The number of methoxy groups -OCH3 is 1. The number of nitriles is 2. The molecule has 6 nitrogen and oxygen atoms in total. The zero-order chi connectivity index (χ0) is 24.1. The van der Waals surface area contributed by atoms with Crippen molar-refractivity contribution in [2.24, 2.45) is 0 Å². The number of nitrogens with two attached hydrogens (primary N) is 1. The van der Waals surface area contributed by atoms with Gasteiger partial charge in [-0.15, -0.1) is 0 Å². The summed E-state index contributed by atoms with van der Waals surface area (Å²) in [5.41, 5.74) is 11.7. The van der Waals surface area contributed by atoms with Gasteiger partial charge >= 0.3 is 0 Å². The third-order valence-electron chi connectivity index (χ3n) is 5.55. The highest BCUT2D eigenvalue weighted by atomic mass is 16.5. The average molecular weight is 447 g/mol. The van der Waals surface area contributed by atoms with Crippen molar-refractivity contribution >= 4 is 5.82 Å². The van der Waals surface area contributed by atoms with Crippen LogP contribution in [0.1, 0.15) is 22.4 Å². The van der Waals surface area contributed by atoms with Crippen LogP contribution in [0.3, 0.4) is 0 Å². The van der Waals surface area contributed by atoms with Crippen LogP contribution < -0.4 is 15.2 Å². The van der Waals surface area contributed by atoms with Crippen molar-refractivity contribution in [1.29, 1.82) is 10.5 Å². The van der Waals surface area contributed by atoms with Crippen molar-refractivity contribution in [3.63, 3.8) is 0 Å². The van der Waals surface area contributed by atoms with Crippen LogP contribution in [0, 0.1) is 29.6 Å². The largest absolute Gasteiger partial charge is 0.493 e. The van der Waals surface area contributed by atoms with Crippen LogP contribution in [0.15, 0.2) is 72.8 Å². The minimum atomic E-state index is 0.182. The van der Waals surface area contributed by atoms with Crippen molar-refractivity contribution in [3.05, 3.63) is 95.2 Å². The normalized spacial score (nSPS) is 10.2. The Morgan fingerprint density at radius 1 is 0.853 bits per heavy atom. The summed E-state index contributed by atoms with van der Waals surface area (Å²) in [5, 5.41) is 19.2. The van der Waals surface area contributed by atoms with E-state index in [4.69, 9.17) is 15.2 Å². The fraction of sp³-hybridized carbons (Fsp3) is 0.107. The highest BCUT2D eigenvalue weighted by molar-refractivity contribution is 5.91. The van der Waals surface area contributed by atoms with Crippen LogP contribution in [0.5, 0.6) is 11.5 Å². The summed E-state index contributed by atoms with van der Waals surface area (Å²) in [5.74, 6) is 1.21. The van der Waals surface area contributed by atoms with Gasteiger partial charge in [0.1, 0.15) is 24.1 Å². The summed E-state index contributed by atoms with van der Waals surface area (Å²) < 4.78 is 11.6. The second-order valence-electron chi connectivity index (χ2n) is 7.61. The van der Waals surface area contributed by atoms with E-state index in [1.54, 1.807) is 19.2 Å². The van der Waals surface area contributed by atoms with Crippen LogP contribution in [-0.4, -0.2) is 12.1 Å². The van der Waals surface area contributed by atoms with Gasteiger partial charge in [-0.1, -0.05) is 54.6 Å². The van der Waals surface area contributed by atoms with Gasteiger partial charge in [-0.25, -0.2) is 4.98 Å². The molecule has 4 aromatic rings. The van der Waals surface area contributed by atoms with E-state index in [0.29, 0.717) is 28.2 Å². The first kappa shape index (κ1) is 22.4. The van der Waals surface area contributed by atoms with Gasteiger partial charge in [0.05, 0.1) is 18.7 Å². The summed E-state index contributed by atoms with van der Waals surface area (Å²) in [7, 11) is 1.56. The number of rotatable bonds is 6. The summed E-state index contributed by atoms with van der Waals surface area (Å²) in [6.45, 7) is 2.10. The van der Waals surface area contributed by atoms with Crippen LogP contribution in [-0.2, 0) is 6.61 Å². The smallest absolute Gasteiger partial charge is 0.161 e. The molecule has 4 rings (SSSR count). The predicted octanol–water partition coefficient (Wildman–Crippen LogP) is 5.64. The standard InChI is InChI=1S/C28H22N4O2/c1-18-26(19-8-4-3-5-9-19)27(23(16-30)28(31)32-18)20-12-13-24(25(14-20)33-2)34-17-22-11-7-6-10-21(22)15-29/h3-14H,17H2,1-2H3,(H2,31,32). The Hall–Kier alpha value is -4.81. The van der Waals surface area contributed by atoms with Crippen molar-refractivity contribution in [1.82, 2.24) is 4.98 Å². The topological polar surface area (TPSA) is 105 Å². The Morgan fingerprint density at radius 3 is 2.29 bits per heavy atom. The minimum absolute atomic E-state index is 0.182. The molecule has 6 heteroatoms. The molecule has 0 unspecified atom stereocenters. The number of aromatic nitrogens is 1. The minimum Gasteiger partial charge on any atom is -0.493 e. The molecule has 0 aliphatic heterocycles. The Balaban J connectivity index is 1.80. The van der Waals surface area contributed by atoms with Crippen LogP contribution in [0.4, 0.5) is 5.82 Å². The molecular weight excluding hydrogens is 424 g/mol. The Morgan fingerprint density at radius 2 is 1.59 bits per heavy atom. The number of pyridine rings is 1. The lowest BCUT2D eigenvalue weighted by Crippen LogP contribution is -2.04. The van der Waals surface area contributed by atoms with Crippen LogP contribution in [0.25, 0.3) is 22.3 Å². The third kappa shape index (κ3) is 4.26. The van der Waals surface area contributed by atoms with E-state index in [9.17, 15) is 10.5 Å². The van der Waals surface area contributed by atoms with Crippen molar-refractivity contribution in [2.45, 2.75) is 13.5 Å². The maximum absolute atomic E-state index is 9.91. The zero-order valence-corrected chi connectivity index (χ0v) is 18.9. The van der Waals surface area contributed by atoms with E-state index in [1.807, 2.05) is 67.6 Å². The molecule has 34 heavy (non-hydrogen) atoms. The van der Waals surface area contributed by atoms with Crippen LogP contribution in [0.2, 0.25) is 0 Å². The SMILES string of the molecule is COc1cc(-c2c(C#N)c(N)nc(C)c2-c2ccccc2)ccc1OCc1ccccc1C#N. The van der Waals surface area contributed by atoms with Crippen LogP contribution >= 0.6 is 0 Å². The average Bonchev–Trinajstić information content (AvgIpc) is 2.87. The monoisotopic (exact) mass is 446 g/mol.